The van der Waals surface area contributed by atoms with E-state index in [1.54, 1.807) is 0 Å². The van der Waals surface area contributed by atoms with Crippen molar-refractivity contribution in [1.29, 1.82) is 0 Å². The van der Waals surface area contributed by atoms with Crippen LogP contribution in [0.25, 0.3) is 0 Å². The zero-order chi connectivity index (χ0) is 11.4. The summed E-state index contributed by atoms with van der Waals surface area (Å²) in [6, 6.07) is 8.58. The van der Waals surface area contributed by atoms with E-state index in [9.17, 15) is 0 Å². The van der Waals surface area contributed by atoms with Crippen LogP contribution < -0.4 is 5.73 Å². The fraction of sp³-hybridized carbons (Fsp3) is 0.500. The van der Waals surface area contributed by atoms with Gasteiger partial charge in [-0.2, -0.15) is 0 Å². The molecule has 1 fully saturated rings. The van der Waals surface area contributed by atoms with Crippen LogP contribution in [0.4, 0.5) is 0 Å². The molecule has 2 nitrogen and oxygen atoms in total. The van der Waals surface area contributed by atoms with Gasteiger partial charge in [0.1, 0.15) is 0 Å². The Kier molecular flexibility index (Phi) is 4.70. The number of rotatable bonds is 4. The average Bonchev–Trinajstić information content (AvgIpc) is 2.79. The lowest BCUT2D eigenvalue weighted by Crippen LogP contribution is -2.32. The normalized spacial score (nSPS) is 22.2. The van der Waals surface area contributed by atoms with Crippen molar-refractivity contribution in [3.63, 3.8) is 0 Å². The molecule has 0 radical (unpaired) electrons. The van der Waals surface area contributed by atoms with E-state index in [0.717, 1.165) is 29.9 Å². The van der Waals surface area contributed by atoms with Gasteiger partial charge in [-0.05, 0) is 24.6 Å². The van der Waals surface area contributed by atoms with Crippen molar-refractivity contribution >= 4 is 27.7 Å². The maximum absolute atomic E-state index is 6.15. The minimum absolute atomic E-state index is 0.242. The van der Waals surface area contributed by atoms with Gasteiger partial charge in [-0.15, -0.1) is 11.8 Å². The van der Waals surface area contributed by atoms with Crippen LogP contribution in [0.5, 0.6) is 0 Å². The molecule has 1 aromatic carbocycles. The van der Waals surface area contributed by atoms with Crippen LogP contribution in [0.2, 0.25) is 0 Å². The Morgan fingerprint density at radius 1 is 1.56 bits per heavy atom. The van der Waals surface area contributed by atoms with Gasteiger partial charge < -0.3 is 10.5 Å². The molecule has 1 aromatic rings. The molecule has 88 valence electrons. The summed E-state index contributed by atoms with van der Waals surface area (Å²) >= 11 is 5.29. The summed E-state index contributed by atoms with van der Waals surface area (Å²) in [7, 11) is 0. The van der Waals surface area contributed by atoms with Crippen LogP contribution >= 0.6 is 27.7 Å². The van der Waals surface area contributed by atoms with Gasteiger partial charge in [0.25, 0.3) is 0 Å². The van der Waals surface area contributed by atoms with Crippen molar-refractivity contribution in [3.05, 3.63) is 28.7 Å². The lowest BCUT2D eigenvalue weighted by Gasteiger charge is -2.16. The smallest absolute Gasteiger partial charge is 0.0510 e. The second kappa shape index (κ2) is 6.05. The number of benzene rings is 1. The largest absolute Gasteiger partial charge is 0.381 e. The van der Waals surface area contributed by atoms with Crippen LogP contribution in [0, 0.1) is 5.92 Å². The average molecular weight is 302 g/mol. The van der Waals surface area contributed by atoms with Crippen LogP contribution in [0.15, 0.2) is 33.6 Å². The van der Waals surface area contributed by atoms with Gasteiger partial charge in [0.15, 0.2) is 0 Å². The molecule has 0 aliphatic carbocycles. The highest BCUT2D eigenvalue weighted by molar-refractivity contribution is 9.10. The summed E-state index contributed by atoms with van der Waals surface area (Å²) in [5, 5.41) is 0. The molecule has 1 aliphatic heterocycles. The molecule has 1 aliphatic rings. The zero-order valence-corrected chi connectivity index (χ0v) is 11.5. The van der Waals surface area contributed by atoms with E-state index in [-0.39, 0.29) is 6.04 Å². The summed E-state index contributed by atoms with van der Waals surface area (Å²) in [5.74, 6) is 1.50. The Bertz CT molecular complexity index is 342. The second-order valence-corrected chi connectivity index (χ2v) is 6.06. The molecule has 4 heteroatoms. The molecule has 2 atom stereocenters. The van der Waals surface area contributed by atoms with Crippen molar-refractivity contribution in [2.45, 2.75) is 17.4 Å². The SMILES string of the molecule is NC(CSc1cccc(Br)c1)C1CCOC1. The minimum atomic E-state index is 0.242. The van der Waals surface area contributed by atoms with Crippen LogP contribution in [-0.2, 0) is 4.74 Å². The molecule has 2 N–H and O–H groups in total. The van der Waals surface area contributed by atoms with Gasteiger partial charge in [0, 0.05) is 33.7 Å². The first-order chi connectivity index (χ1) is 7.75. The maximum atomic E-state index is 6.15. The molecule has 16 heavy (non-hydrogen) atoms. The summed E-state index contributed by atoms with van der Waals surface area (Å²) in [5.41, 5.74) is 6.15. The predicted octanol–water partition coefficient (Wildman–Crippen LogP) is 2.91. The first-order valence-corrected chi connectivity index (χ1v) is 7.25. The Hall–Kier alpha value is -0.0300. The number of hydrogen-bond donors (Lipinski definition) is 1. The third kappa shape index (κ3) is 3.48. The van der Waals surface area contributed by atoms with E-state index < -0.39 is 0 Å². The molecule has 0 spiro atoms. The molecule has 2 unspecified atom stereocenters. The van der Waals surface area contributed by atoms with Crippen molar-refractivity contribution < 1.29 is 4.74 Å². The molecule has 2 rings (SSSR count). The topological polar surface area (TPSA) is 35.2 Å². The molecule has 0 amide bonds. The monoisotopic (exact) mass is 301 g/mol. The summed E-state index contributed by atoms with van der Waals surface area (Å²) in [4.78, 5) is 1.27. The van der Waals surface area contributed by atoms with E-state index >= 15 is 0 Å². The van der Waals surface area contributed by atoms with Crippen molar-refractivity contribution in [3.8, 4) is 0 Å². The Morgan fingerprint density at radius 2 is 2.44 bits per heavy atom. The lowest BCUT2D eigenvalue weighted by molar-refractivity contribution is 0.182. The fourth-order valence-electron chi connectivity index (χ4n) is 1.78. The molecule has 0 bridgehead atoms. The van der Waals surface area contributed by atoms with Crippen LogP contribution in [-0.4, -0.2) is 25.0 Å². The number of ether oxygens (including phenoxy) is 1. The van der Waals surface area contributed by atoms with E-state index in [4.69, 9.17) is 10.5 Å². The highest BCUT2D eigenvalue weighted by Crippen LogP contribution is 2.25. The van der Waals surface area contributed by atoms with Crippen LogP contribution in [0.1, 0.15) is 6.42 Å². The van der Waals surface area contributed by atoms with Gasteiger partial charge in [-0.25, -0.2) is 0 Å². The van der Waals surface area contributed by atoms with Gasteiger partial charge >= 0.3 is 0 Å². The van der Waals surface area contributed by atoms with Crippen molar-refractivity contribution in [2.24, 2.45) is 11.7 Å². The highest BCUT2D eigenvalue weighted by atomic mass is 79.9. The summed E-state index contributed by atoms with van der Waals surface area (Å²) in [6.07, 6.45) is 1.11. The van der Waals surface area contributed by atoms with Crippen LogP contribution in [0.3, 0.4) is 0 Å². The lowest BCUT2D eigenvalue weighted by atomic mass is 10.0. The summed E-state index contributed by atoms with van der Waals surface area (Å²) in [6.45, 7) is 1.71. The first-order valence-electron chi connectivity index (χ1n) is 5.47. The fourth-order valence-corrected chi connectivity index (χ4v) is 3.37. The van der Waals surface area contributed by atoms with Gasteiger partial charge in [-0.1, -0.05) is 22.0 Å². The maximum Gasteiger partial charge on any atom is 0.0510 e. The zero-order valence-electron chi connectivity index (χ0n) is 9.06. The van der Waals surface area contributed by atoms with E-state index in [0.29, 0.717) is 5.92 Å². The quantitative estimate of drug-likeness (QED) is 0.869. The van der Waals surface area contributed by atoms with Crippen molar-refractivity contribution in [1.82, 2.24) is 0 Å². The standard InChI is InChI=1S/C12H16BrNOS/c13-10-2-1-3-11(6-10)16-8-12(14)9-4-5-15-7-9/h1-3,6,9,12H,4-5,7-8,14H2. The number of nitrogens with two attached hydrogens (primary N) is 1. The summed E-state index contributed by atoms with van der Waals surface area (Å²) < 4.78 is 6.47. The molecular weight excluding hydrogens is 286 g/mol. The molecule has 0 aromatic heterocycles. The van der Waals surface area contributed by atoms with Gasteiger partial charge in [0.2, 0.25) is 0 Å². The Morgan fingerprint density at radius 3 is 3.12 bits per heavy atom. The van der Waals surface area contributed by atoms with Gasteiger partial charge in [0.05, 0.1) is 6.61 Å². The number of hydrogen-bond acceptors (Lipinski definition) is 3. The minimum Gasteiger partial charge on any atom is -0.381 e. The van der Waals surface area contributed by atoms with E-state index in [1.165, 1.54) is 4.90 Å². The molecule has 0 saturated carbocycles. The third-order valence-electron chi connectivity index (χ3n) is 2.81. The molecule has 1 saturated heterocycles. The number of halogens is 1. The number of thioether (sulfide) groups is 1. The highest BCUT2D eigenvalue weighted by Gasteiger charge is 2.22. The third-order valence-corrected chi connectivity index (χ3v) is 4.44. The predicted molar refractivity (Wildman–Crippen MR) is 71.8 cm³/mol. The second-order valence-electron chi connectivity index (χ2n) is 4.06. The molecular formula is C12H16BrNOS. The van der Waals surface area contributed by atoms with E-state index in [2.05, 4.69) is 34.1 Å². The van der Waals surface area contributed by atoms with Crippen molar-refractivity contribution in [2.75, 3.05) is 19.0 Å². The molecule has 1 heterocycles. The van der Waals surface area contributed by atoms with Gasteiger partial charge in [-0.3, -0.25) is 0 Å². The Balaban J connectivity index is 1.82. The first kappa shape index (κ1) is 12.4. The Labute approximate surface area is 109 Å². The van der Waals surface area contributed by atoms with E-state index in [1.807, 2.05) is 17.8 Å².